The molecule has 0 radical (unpaired) electrons. The van der Waals surface area contributed by atoms with Gasteiger partial charge in [-0.1, -0.05) is 30.9 Å². The molecule has 1 aliphatic carbocycles. The highest BCUT2D eigenvalue weighted by molar-refractivity contribution is 6.34. The molecule has 27 heavy (non-hydrogen) atoms. The number of nitrogens with one attached hydrogen (secondary N) is 2. The number of hydrogen-bond donors (Lipinski definition) is 2. The van der Waals surface area contributed by atoms with Gasteiger partial charge in [-0.2, -0.15) is 0 Å². The molecule has 2 aliphatic rings. The molecule has 1 heterocycles. The average molecular weight is 416 g/mol. The van der Waals surface area contributed by atoms with Crippen molar-refractivity contribution in [2.24, 2.45) is 0 Å². The lowest BCUT2D eigenvalue weighted by Crippen LogP contribution is -2.48. The van der Waals surface area contributed by atoms with Crippen molar-refractivity contribution in [3.05, 3.63) is 28.8 Å². The van der Waals surface area contributed by atoms with E-state index in [0.717, 1.165) is 12.8 Å². The van der Waals surface area contributed by atoms with Gasteiger partial charge >= 0.3 is 0 Å². The van der Waals surface area contributed by atoms with Crippen LogP contribution in [0, 0.1) is 0 Å². The van der Waals surface area contributed by atoms with Crippen molar-refractivity contribution in [2.75, 3.05) is 32.1 Å². The lowest BCUT2D eigenvalue weighted by molar-refractivity contribution is -0.120. The van der Waals surface area contributed by atoms with Crippen molar-refractivity contribution < 1.29 is 14.3 Å². The van der Waals surface area contributed by atoms with E-state index in [1.54, 1.807) is 18.2 Å². The Kier molecular flexibility index (Phi) is 8.35. The Morgan fingerprint density at radius 2 is 2.00 bits per heavy atom. The number of ether oxygens (including phenoxy) is 1. The summed E-state index contributed by atoms with van der Waals surface area (Å²) in [4.78, 5) is 26.8. The molecule has 1 aromatic carbocycles. The van der Waals surface area contributed by atoms with Crippen LogP contribution in [0.15, 0.2) is 18.2 Å². The summed E-state index contributed by atoms with van der Waals surface area (Å²) < 4.78 is 5.30. The van der Waals surface area contributed by atoms with Crippen LogP contribution in [0.1, 0.15) is 42.5 Å². The van der Waals surface area contributed by atoms with E-state index in [1.807, 2.05) is 11.9 Å². The predicted molar refractivity (Wildman–Crippen MR) is 109 cm³/mol. The minimum Gasteiger partial charge on any atom is -0.378 e. The van der Waals surface area contributed by atoms with Gasteiger partial charge in [-0.3, -0.25) is 9.59 Å². The van der Waals surface area contributed by atoms with Crippen molar-refractivity contribution in [1.29, 1.82) is 0 Å². The molecule has 1 saturated carbocycles. The van der Waals surface area contributed by atoms with Gasteiger partial charge in [0, 0.05) is 25.3 Å². The highest BCUT2D eigenvalue weighted by Crippen LogP contribution is 2.26. The van der Waals surface area contributed by atoms with E-state index in [-0.39, 0.29) is 36.3 Å². The maximum absolute atomic E-state index is 12.8. The van der Waals surface area contributed by atoms with Crippen LogP contribution in [0.4, 0.5) is 5.69 Å². The zero-order valence-electron chi connectivity index (χ0n) is 15.5. The summed E-state index contributed by atoms with van der Waals surface area (Å²) in [5.41, 5.74) is 1.04. The fraction of sp³-hybridized carbons (Fsp3) is 0.579. The summed E-state index contributed by atoms with van der Waals surface area (Å²) >= 11 is 6.34. The van der Waals surface area contributed by atoms with E-state index in [1.165, 1.54) is 19.3 Å². The second kappa shape index (κ2) is 10.3. The Morgan fingerprint density at radius 3 is 2.63 bits per heavy atom. The minimum absolute atomic E-state index is 0. The van der Waals surface area contributed by atoms with Crippen molar-refractivity contribution >= 4 is 41.5 Å². The van der Waals surface area contributed by atoms with Gasteiger partial charge in [0.1, 0.15) is 6.04 Å². The summed E-state index contributed by atoms with van der Waals surface area (Å²) in [6, 6.07) is 4.94. The van der Waals surface area contributed by atoms with Crippen LogP contribution >= 0.6 is 24.0 Å². The van der Waals surface area contributed by atoms with Gasteiger partial charge in [-0.15, -0.1) is 12.4 Å². The van der Waals surface area contributed by atoms with E-state index in [9.17, 15) is 9.59 Å². The lowest BCUT2D eigenvalue weighted by Gasteiger charge is -2.31. The van der Waals surface area contributed by atoms with Crippen molar-refractivity contribution in [2.45, 2.75) is 44.2 Å². The highest BCUT2D eigenvalue weighted by Gasteiger charge is 2.25. The van der Waals surface area contributed by atoms with Crippen molar-refractivity contribution in [1.82, 2.24) is 10.2 Å². The maximum Gasteiger partial charge on any atom is 0.255 e. The molecule has 2 fully saturated rings. The van der Waals surface area contributed by atoms with Crippen LogP contribution < -0.4 is 10.6 Å². The third kappa shape index (κ3) is 5.57. The number of benzene rings is 1. The standard InChI is InChI=1S/C19H26ClN3O3.ClH/c1-23(14-5-3-2-4-6-14)19(25)15-8-7-13(11-16(15)20)22-18(24)17-12-26-10-9-21-17;/h7-8,11,14,17,21H,2-6,9-10,12H2,1H3,(H,22,24);1H. The topological polar surface area (TPSA) is 70.7 Å². The molecular formula is C19H27Cl2N3O3. The summed E-state index contributed by atoms with van der Waals surface area (Å²) in [7, 11) is 1.85. The van der Waals surface area contributed by atoms with Gasteiger partial charge in [0.25, 0.3) is 5.91 Å². The molecule has 1 aliphatic heterocycles. The molecule has 0 aromatic heterocycles. The normalized spacial score (nSPS) is 20.4. The zero-order valence-corrected chi connectivity index (χ0v) is 17.1. The number of halogens is 2. The quantitative estimate of drug-likeness (QED) is 0.792. The molecule has 0 spiro atoms. The number of amides is 2. The fourth-order valence-electron chi connectivity index (χ4n) is 3.55. The molecule has 0 bridgehead atoms. The third-order valence-corrected chi connectivity index (χ3v) is 5.46. The Hall–Kier alpha value is -1.34. The number of rotatable bonds is 4. The molecule has 150 valence electrons. The number of anilines is 1. The van der Waals surface area contributed by atoms with Gasteiger partial charge in [-0.05, 0) is 31.0 Å². The van der Waals surface area contributed by atoms with Crippen LogP contribution in [0.5, 0.6) is 0 Å². The predicted octanol–water partition coefficient (Wildman–Crippen LogP) is 3.09. The van der Waals surface area contributed by atoms with Crippen LogP contribution in [0.2, 0.25) is 5.02 Å². The molecule has 8 heteroatoms. The molecule has 1 aromatic rings. The molecule has 6 nitrogen and oxygen atoms in total. The number of carbonyl (C=O) groups is 2. The van der Waals surface area contributed by atoms with E-state index < -0.39 is 0 Å². The van der Waals surface area contributed by atoms with Crippen molar-refractivity contribution in [3.63, 3.8) is 0 Å². The summed E-state index contributed by atoms with van der Waals surface area (Å²) in [5.74, 6) is -0.235. The van der Waals surface area contributed by atoms with Crippen LogP contribution in [-0.4, -0.2) is 55.6 Å². The smallest absolute Gasteiger partial charge is 0.255 e. The Morgan fingerprint density at radius 1 is 1.26 bits per heavy atom. The summed E-state index contributed by atoms with van der Waals surface area (Å²) in [5, 5.41) is 6.27. The number of hydrogen-bond acceptors (Lipinski definition) is 4. The first-order valence-electron chi connectivity index (χ1n) is 9.25. The minimum atomic E-state index is -0.374. The second-order valence-corrected chi connectivity index (χ2v) is 7.38. The Balaban J connectivity index is 0.00000261. The largest absolute Gasteiger partial charge is 0.378 e. The zero-order chi connectivity index (χ0) is 18.5. The number of morpholine rings is 1. The summed E-state index contributed by atoms with van der Waals surface area (Å²) in [6.45, 7) is 1.61. The highest BCUT2D eigenvalue weighted by atomic mass is 35.5. The molecule has 2 amide bonds. The van der Waals surface area contributed by atoms with Gasteiger partial charge in [0.2, 0.25) is 5.91 Å². The molecule has 1 saturated heterocycles. The summed E-state index contributed by atoms with van der Waals surface area (Å²) in [6.07, 6.45) is 5.67. The van der Waals surface area contributed by atoms with Crippen LogP contribution in [0.25, 0.3) is 0 Å². The molecular weight excluding hydrogens is 389 g/mol. The van der Waals surface area contributed by atoms with Gasteiger partial charge in [0.15, 0.2) is 0 Å². The molecule has 1 atom stereocenters. The molecule has 2 N–H and O–H groups in total. The second-order valence-electron chi connectivity index (χ2n) is 6.97. The van der Waals surface area contributed by atoms with E-state index in [4.69, 9.17) is 16.3 Å². The number of nitrogens with zero attached hydrogens (tertiary/aromatic N) is 1. The first kappa shape index (κ1) is 22.0. The van der Waals surface area contributed by atoms with Crippen LogP contribution in [0.3, 0.4) is 0 Å². The maximum atomic E-state index is 12.8. The van der Waals surface area contributed by atoms with E-state index >= 15 is 0 Å². The Labute approximate surface area is 171 Å². The van der Waals surface area contributed by atoms with Crippen molar-refractivity contribution in [3.8, 4) is 0 Å². The van der Waals surface area contributed by atoms with Gasteiger partial charge < -0.3 is 20.3 Å². The average Bonchev–Trinajstić information content (AvgIpc) is 2.68. The Bertz CT molecular complexity index is 660. The number of carbonyl (C=O) groups excluding carboxylic acids is 2. The van der Waals surface area contributed by atoms with Gasteiger partial charge in [0.05, 0.1) is 23.8 Å². The van der Waals surface area contributed by atoms with E-state index in [0.29, 0.717) is 36.0 Å². The van der Waals surface area contributed by atoms with Crippen LogP contribution in [-0.2, 0) is 9.53 Å². The third-order valence-electron chi connectivity index (χ3n) is 5.15. The molecule has 1 unspecified atom stereocenters. The van der Waals surface area contributed by atoms with E-state index in [2.05, 4.69) is 10.6 Å². The SMILES string of the molecule is CN(C(=O)c1ccc(NC(=O)C2COCCN2)cc1Cl)C1CCCCC1.Cl. The lowest BCUT2D eigenvalue weighted by atomic mass is 9.94. The fourth-order valence-corrected chi connectivity index (χ4v) is 3.82. The monoisotopic (exact) mass is 415 g/mol. The molecule has 3 rings (SSSR count). The first-order chi connectivity index (χ1) is 12.6. The van der Waals surface area contributed by atoms with Gasteiger partial charge in [-0.25, -0.2) is 0 Å². The first-order valence-corrected chi connectivity index (χ1v) is 9.63.